The summed E-state index contributed by atoms with van der Waals surface area (Å²) in [4.78, 5) is 19.2. The number of carbonyl (C=O) groups excluding carboxylic acids is 1. The number of amides is 1. The van der Waals surface area contributed by atoms with E-state index < -0.39 is 0 Å². The lowest BCUT2D eigenvalue weighted by molar-refractivity contribution is 0.0997. The molecule has 0 atom stereocenters. The van der Waals surface area contributed by atoms with Crippen molar-refractivity contribution in [2.24, 2.45) is 4.99 Å². The van der Waals surface area contributed by atoms with Crippen molar-refractivity contribution in [3.05, 3.63) is 72.7 Å². The van der Waals surface area contributed by atoms with E-state index in [1.165, 1.54) is 4.88 Å². The third-order valence-electron chi connectivity index (χ3n) is 4.16. The van der Waals surface area contributed by atoms with Crippen LogP contribution in [0.25, 0.3) is 11.3 Å². The van der Waals surface area contributed by atoms with Crippen molar-refractivity contribution in [2.45, 2.75) is 33.2 Å². The summed E-state index contributed by atoms with van der Waals surface area (Å²) in [5.41, 5.74) is 2.90. The number of halogens is 2. The maximum atomic E-state index is 12.7. The van der Waals surface area contributed by atoms with E-state index in [0.29, 0.717) is 5.56 Å². The van der Waals surface area contributed by atoms with Crippen LogP contribution in [-0.2, 0) is 13.0 Å². The molecule has 3 rings (SSSR count). The summed E-state index contributed by atoms with van der Waals surface area (Å²) >= 11 is 8.53. The number of thiazole rings is 1. The molecule has 1 aromatic heterocycles. The van der Waals surface area contributed by atoms with E-state index in [4.69, 9.17) is 0 Å². The zero-order valence-corrected chi connectivity index (χ0v) is 19.2. The van der Waals surface area contributed by atoms with Gasteiger partial charge < -0.3 is 4.57 Å². The number of benzene rings is 2. The maximum absolute atomic E-state index is 12.7. The molecule has 2 aromatic carbocycles. The normalized spacial score (nSPS) is 11.8. The van der Waals surface area contributed by atoms with E-state index in [2.05, 4.69) is 67.4 Å². The number of nitrogens with zero attached hydrogens (tertiary/aromatic N) is 2. The van der Waals surface area contributed by atoms with Crippen molar-refractivity contribution >= 4 is 49.1 Å². The molecule has 0 aliphatic carbocycles. The second kappa shape index (κ2) is 9.13. The van der Waals surface area contributed by atoms with Crippen LogP contribution in [0.2, 0.25) is 0 Å². The van der Waals surface area contributed by atoms with Crippen molar-refractivity contribution in [3.8, 4) is 11.3 Å². The lowest BCUT2D eigenvalue weighted by Gasteiger charge is -2.09. The summed E-state index contributed by atoms with van der Waals surface area (Å²) < 4.78 is 4.08. The fraction of sp³-hybridized carbons (Fsp3) is 0.238. The number of rotatable bonds is 5. The summed E-state index contributed by atoms with van der Waals surface area (Å²) in [5, 5.41) is 0. The van der Waals surface area contributed by atoms with Gasteiger partial charge in [-0.15, -0.1) is 11.3 Å². The minimum atomic E-state index is -0.217. The van der Waals surface area contributed by atoms with E-state index in [1.807, 2.05) is 24.3 Å². The van der Waals surface area contributed by atoms with Crippen molar-refractivity contribution in [1.82, 2.24) is 4.57 Å². The van der Waals surface area contributed by atoms with Crippen LogP contribution in [0.15, 0.2) is 62.5 Å². The molecule has 0 fully saturated rings. The Kier molecular flexibility index (Phi) is 6.84. The van der Waals surface area contributed by atoms with Gasteiger partial charge in [-0.25, -0.2) is 0 Å². The number of aryl methyl sites for hydroxylation is 1. The number of aromatic nitrogens is 1. The molecule has 3 nitrogen and oxygen atoms in total. The molecule has 0 aliphatic heterocycles. The Morgan fingerprint density at radius 1 is 1.07 bits per heavy atom. The smallest absolute Gasteiger partial charge is 0.279 e. The lowest BCUT2D eigenvalue weighted by atomic mass is 10.1. The van der Waals surface area contributed by atoms with E-state index in [1.54, 1.807) is 23.5 Å². The van der Waals surface area contributed by atoms with Crippen LogP contribution in [0, 0.1) is 0 Å². The molecule has 27 heavy (non-hydrogen) atoms. The molecule has 3 aromatic rings. The standard InChI is InChI=1S/C21H20Br2N2OS/c1-3-6-18-19(14-9-11-16(22)12-10-14)25(4-2)21(27-18)24-20(26)15-7-5-8-17(23)13-15/h5,7-13H,3-4,6H2,1-2H3. The first kappa shape index (κ1) is 20.2. The molecule has 0 aliphatic rings. The van der Waals surface area contributed by atoms with Crippen LogP contribution >= 0.6 is 43.2 Å². The Morgan fingerprint density at radius 2 is 1.81 bits per heavy atom. The van der Waals surface area contributed by atoms with Crippen molar-refractivity contribution < 1.29 is 4.79 Å². The van der Waals surface area contributed by atoms with E-state index >= 15 is 0 Å². The molecule has 0 saturated heterocycles. The van der Waals surface area contributed by atoms with Gasteiger partial charge in [0.05, 0.1) is 5.69 Å². The molecule has 0 unspecified atom stereocenters. The van der Waals surface area contributed by atoms with Gasteiger partial charge in [-0.3, -0.25) is 4.79 Å². The fourth-order valence-electron chi connectivity index (χ4n) is 2.93. The quantitative estimate of drug-likeness (QED) is 0.390. The number of hydrogen-bond donors (Lipinski definition) is 0. The Labute approximate surface area is 180 Å². The zero-order chi connectivity index (χ0) is 19.4. The second-order valence-electron chi connectivity index (χ2n) is 6.08. The SMILES string of the molecule is CCCc1sc(=NC(=O)c2cccc(Br)c2)n(CC)c1-c1ccc(Br)cc1. The first-order chi connectivity index (χ1) is 13.0. The molecule has 0 spiro atoms. The molecular formula is C21H20Br2N2OS. The van der Waals surface area contributed by atoms with E-state index in [9.17, 15) is 4.79 Å². The molecular weight excluding hydrogens is 488 g/mol. The molecule has 6 heteroatoms. The van der Waals surface area contributed by atoms with Crippen LogP contribution in [0.4, 0.5) is 0 Å². The van der Waals surface area contributed by atoms with E-state index in [-0.39, 0.29) is 5.91 Å². The molecule has 0 bridgehead atoms. The number of hydrogen-bond acceptors (Lipinski definition) is 2. The summed E-state index contributed by atoms with van der Waals surface area (Å²) in [5.74, 6) is -0.217. The fourth-order valence-corrected chi connectivity index (χ4v) is 4.90. The highest BCUT2D eigenvalue weighted by molar-refractivity contribution is 9.10. The minimum absolute atomic E-state index is 0.217. The first-order valence-corrected chi connectivity index (χ1v) is 11.3. The van der Waals surface area contributed by atoms with Gasteiger partial charge in [-0.05, 0) is 49.2 Å². The first-order valence-electron chi connectivity index (χ1n) is 8.86. The number of carbonyl (C=O) groups is 1. The third kappa shape index (κ3) is 4.68. The highest BCUT2D eigenvalue weighted by Gasteiger charge is 2.15. The second-order valence-corrected chi connectivity index (χ2v) is 8.98. The van der Waals surface area contributed by atoms with Gasteiger partial charge in [-0.2, -0.15) is 4.99 Å². The van der Waals surface area contributed by atoms with E-state index in [0.717, 1.165) is 44.4 Å². The molecule has 1 amide bonds. The minimum Gasteiger partial charge on any atom is -0.316 e. The maximum Gasteiger partial charge on any atom is 0.279 e. The van der Waals surface area contributed by atoms with Crippen LogP contribution < -0.4 is 4.80 Å². The predicted octanol–water partition coefficient (Wildman–Crippen LogP) is 6.46. The Bertz CT molecular complexity index is 1020. The molecule has 140 valence electrons. The molecule has 0 N–H and O–H groups in total. The average Bonchev–Trinajstić information content (AvgIpc) is 2.99. The largest absolute Gasteiger partial charge is 0.316 e. The van der Waals surface area contributed by atoms with Gasteiger partial charge in [0.15, 0.2) is 4.80 Å². The summed E-state index contributed by atoms with van der Waals surface area (Å²) in [6, 6.07) is 15.7. The Morgan fingerprint density at radius 3 is 2.44 bits per heavy atom. The Hall–Kier alpha value is -1.50. The van der Waals surface area contributed by atoms with Gasteiger partial charge in [-0.1, -0.05) is 63.4 Å². The lowest BCUT2D eigenvalue weighted by Crippen LogP contribution is -2.17. The van der Waals surface area contributed by atoms with Crippen LogP contribution in [0.1, 0.15) is 35.5 Å². The van der Waals surface area contributed by atoms with Gasteiger partial charge >= 0.3 is 0 Å². The van der Waals surface area contributed by atoms with Crippen LogP contribution in [-0.4, -0.2) is 10.5 Å². The highest BCUT2D eigenvalue weighted by atomic mass is 79.9. The molecule has 0 saturated carbocycles. The average molecular weight is 508 g/mol. The van der Waals surface area contributed by atoms with Crippen molar-refractivity contribution in [2.75, 3.05) is 0 Å². The summed E-state index contributed by atoms with van der Waals surface area (Å²) in [6.07, 6.45) is 2.02. The van der Waals surface area contributed by atoms with Crippen molar-refractivity contribution in [1.29, 1.82) is 0 Å². The topological polar surface area (TPSA) is 34.4 Å². The predicted molar refractivity (Wildman–Crippen MR) is 119 cm³/mol. The Balaban J connectivity index is 2.14. The van der Waals surface area contributed by atoms with Gasteiger partial charge in [0, 0.05) is 25.9 Å². The third-order valence-corrected chi connectivity index (χ3v) is 6.32. The monoisotopic (exact) mass is 506 g/mol. The van der Waals surface area contributed by atoms with Gasteiger partial charge in [0.2, 0.25) is 0 Å². The highest BCUT2D eigenvalue weighted by Crippen LogP contribution is 2.28. The van der Waals surface area contributed by atoms with Crippen LogP contribution in [0.5, 0.6) is 0 Å². The van der Waals surface area contributed by atoms with Crippen molar-refractivity contribution in [3.63, 3.8) is 0 Å². The molecule has 1 heterocycles. The van der Waals surface area contributed by atoms with Crippen LogP contribution in [0.3, 0.4) is 0 Å². The summed E-state index contributed by atoms with van der Waals surface area (Å²) in [6.45, 7) is 5.02. The van der Waals surface area contributed by atoms with Gasteiger partial charge in [0.25, 0.3) is 5.91 Å². The summed E-state index contributed by atoms with van der Waals surface area (Å²) in [7, 11) is 0. The molecule has 0 radical (unpaired) electrons. The van der Waals surface area contributed by atoms with Gasteiger partial charge in [0.1, 0.15) is 0 Å². The zero-order valence-electron chi connectivity index (χ0n) is 15.2.